The van der Waals surface area contributed by atoms with Crippen LogP contribution in [-0.2, 0) is 27.3 Å². The summed E-state index contributed by atoms with van der Waals surface area (Å²) >= 11 is 0. The number of methoxy groups -OCH3 is 1. The van der Waals surface area contributed by atoms with Crippen molar-refractivity contribution in [1.82, 2.24) is 5.32 Å². The Hall–Kier alpha value is -2.66. The number of aryl methyl sites for hydroxylation is 1. The second kappa shape index (κ2) is 10.4. The van der Waals surface area contributed by atoms with Gasteiger partial charge in [0.05, 0.1) is 20.1 Å². The molecule has 30 heavy (non-hydrogen) atoms. The Labute approximate surface area is 178 Å². The highest BCUT2D eigenvalue weighted by Crippen LogP contribution is 2.34. The van der Waals surface area contributed by atoms with Crippen molar-refractivity contribution < 1.29 is 19.1 Å². The minimum absolute atomic E-state index is 0.230. The molecular formula is C25H31NO4. The number of ketones is 1. The molecule has 5 nitrogen and oxygen atoms in total. The van der Waals surface area contributed by atoms with Gasteiger partial charge < -0.3 is 14.8 Å². The second-order valence-corrected chi connectivity index (χ2v) is 7.84. The first kappa shape index (κ1) is 22.0. The van der Waals surface area contributed by atoms with E-state index >= 15 is 0 Å². The summed E-state index contributed by atoms with van der Waals surface area (Å²) in [5, 5.41) is 3.41. The molecule has 1 aliphatic carbocycles. The van der Waals surface area contributed by atoms with Crippen LogP contribution in [0.25, 0.3) is 11.1 Å². The van der Waals surface area contributed by atoms with Crippen molar-refractivity contribution in [3.8, 4) is 16.9 Å². The van der Waals surface area contributed by atoms with Crippen molar-refractivity contribution in [2.75, 3.05) is 20.3 Å². The van der Waals surface area contributed by atoms with Crippen LogP contribution in [0.4, 0.5) is 0 Å². The Balaban J connectivity index is 1.79. The van der Waals surface area contributed by atoms with Gasteiger partial charge in [-0.15, -0.1) is 0 Å². The summed E-state index contributed by atoms with van der Waals surface area (Å²) in [5.74, 6) is 1.21. The minimum atomic E-state index is -0.236. The predicted molar refractivity (Wildman–Crippen MR) is 118 cm³/mol. The van der Waals surface area contributed by atoms with Crippen LogP contribution in [-0.4, -0.2) is 32.0 Å². The number of rotatable bonds is 11. The molecular weight excluding hydrogens is 378 g/mol. The first-order valence-corrected chi connectivity index (χ1v) is 10.7. The van der Waals surface area contributed by atoms with Crippen LogP contribution in [0.1, 0.15) is 42.9 Å². The molecule has 5 heteroatoms. The molecule has 0 atom stereocenters. The van der Waals surface area contributed by atoms with Gasteiger partial charge in [-0.3, -0.25) is 9.59 Å². The molecule has 0 radical (unpaired) electrons. The van der Waals surface area contributed by atoms with E-state index in [0.717, 1.165) is 46.4 Å². The lowest BCUT2D eigenvalue weighted by Crippen LogP contribution is -2.19. The molecule has 0 bridgehead atoms. The summed E-state index contributed by atoms with van der Waals surface area (Å²) < 4.78 is 10.7. The number of hydrogen-bond donors (Lipinski definition) is 1. The summed E-state index contributed by atoms with van der Waals surface area (Å²) in [7, 11) is 1.65. The smallest absolute Gasteiger partial charge is 0.310 e. The van der Waals surface area contributed by atoms with Gasteiger partial charge in [0.1, 0.15) is 11.5 Å². The van der Waals surface area contributed by atoms with Crippen LogP contribution in [0.5, 0.6) is 5.75 Å². The number of carbonyl (C=O) groups excluding carboxylic acids is 2. The molecule has 0 aromatic heterocycles. The molecule has 2 aromatic carbocycles. The van der Waals surface area contributed by atoms with E-state index in [1.807, 2.05) is 25.1 Å². The first-order valence-electron chi connectivity index (χ1n) is 10.7. The molecule has 0 heterocycles. The lowest BCUT2D eigenvalue weighted by molar-refractivity contribution is -0.142. The average Bonchev–Trinajstić information content (AvgIpc) is 3.57. The maximum atomic E-state index is 11.9. The van der Waals surface area contributed by atoms with Gasteiger partial charge in [0.15, 0.2) is 0 Å². The Morgan fingerprint density at radius 3 is 2.60 bits per heavy atom. The SMILES string of the molecule is CCOC(=O)Cc1ccc(OC)c(-c2cc(C)ccc2CNCCC(=O)C2CC2)c1. The van der Waals surface area contributed by atoms with Crippen molar-refractivity contribution >= 4 is 11.8 Å². The molecule has 0 saturated heterocycles. The highest BCUT2D eigenvalue weighted by Gasteiger charge is 2.28. The van der Waals surface area contributed by atoms with Crippen molar-refractivity contribution in [2.45, 2.75) is 46.1 Å². The second-order valence-electron chi connectivity index (χ2n) is 7.84. The van der Waals surface area contributed by atoms with Crippen molar-refractivity contribution in [3.05, 3.63) is 53.1 Å². The molecule has 0 amide bonds. The Kier molecular flexibility index (Phi) is 7.63. The monoisotopic (exact) mass is 409 g/mol. The van der Waals surface area contributed by atoms with Crippen molar-refractivity contribution in [1.29, 1.82) is 0 Å². The molecule has 160 valence electrons. The van der Waals surface area contributed by atoms with E-state index in [0.29, 0.717) is 37.8 Å². The van der Waals surface area contributed by atoms with Crippen LogP contribution in [0, 0.1) is 12.8 Å². The number of nitrogens with one attached hydrogen (secondary N) is 1. The van der Waals surface area contributed by atoms with Crippen molar-refractivity contribution in [3.63, 3.8) is 0 Å². The van der Waals surface area contributed by atoms with Crippen LogP contribution in [0.2, 0.25) is 0 Å². The van der Waals surface area contributed by atoms with Gasteiger partial charge >= 0.3 is 5.97 Å². The largest absolute Gasteiger partial charge is 0.496 e. The van der Waals surface area contributed by atoms with Gasteiger partial charge in [0, 0.05) is 31.0 Å². The van der Waals surface area contributed by atoms with Gasteiger partial charge in [-0.05, 0) is 55.5 Å². The van der Waals surface area contributed by atoms with Gasteiger partial charge in [-0.1, -0.05) is 29.8 Å². The van der Waals surface area contributed by atoms with Crippen LogP contribution in [0.15, 0.2) is 36.4 Å². The number of ether oxygens (including phenoxy) is 2. The average molecular weight is 410 g/mol. The lowest BCUT2D eigenvalue weighted by atomic mass is 9.94. The van der Waals surface area contributed by atoms with E-state index in [-0.39, 0.29) is 12.4 Å². The van der Waals surface area contributed by atoms with Crippen LogP contribution < -0.4 is 10.1 Å². The molecule has 1 fully saturated rings. The highest BCUT2D eigenvalue weighted by molar-refractivity contribution is 5.83. The number of esters is 1. The summed E-state index contributed by atoms with van der Waals surface area (Å²) in [6, 6.07) is 12.1. The zero-order valence-electron chi connectivity index (χ0n) is 18.1. The number of hydrogen-bond acceptors (Lipinski definition) is 5. The third-order valence-corrected chi connectivity index (χ3v) is 5.37. The Morgan fingerprint density at radius 1 is 1.10 bits per heavy atom. The van der Waals surface area contributed by atoms with Crippen LogP contribution in [0.3, 0.4) is 0 Å². The summed E-state index contributed by atoms with van der Waals surface area (Å²) in [5.41, 5.74) is 5.19. The maximum absolute atomic E-state index is 11.9. The fourth-order valence-corrected chi connectivity index (χ4v) is 3.59. The summed E-state index contributed by atoms with van der Waals surface area (Å²) in [6.45, 7) is 5.59. The predicted octanol–water partition coefficient (Wildman–Crippen LogP) is 4.24. The summed E-state index contributed by atoms with van der Waals surface area (Å²) in [6.07, 6.45) is 2.93. The van der Waals surface area contributed by atoms with E-state index in [2.05, 4.69) is 30.4 Å². The van der Waals surface area contributed by atoms with E-state index in [1.165, 1.54) is 0 Å². The van der Waals surface area contributed by atoms with E-state index in [1.54, 1.807) is 7.11 Å². The molecule has 0 unspecified atom stereocenters. The standard InChI is InChI=1S/C25H31NO4/c1-4-30-25(28)15-18-6-10-24(29-3)22(14-18)21-13-17(2)5-7-20(21)16-26-12-11-23(27)19-8-9-19/h5-7,10,13-14,19,26H,4,8-9,11-12,15-16H2,1-3H3. The quantitative estimate of drug-likeness (QED) is 0.444. The third-order valence-electron chi connectivity index (χ3n) is 5.37. The van der Waals surface area contributed by atoms with Gasteiger partial charge in [-0.25, -0.2) is 0 Å². The lowest BCUT2D eigenvalue weighted by Gasteiger charge is -2.16. The Morgan fingerprint density at radius 2 is 1.90 bits per heavy atom. The third kappa shape index (κ3) is 5.92. The van der Waals surface area contributed by atoms with E-state index < -0.39 is 0 Å². The zero-order chi connectivity index (χ0) is 21.5. The fourth-order valence-electron chi connectivity index (χ4n) is 3.59. The molecule has 3 rings (SSSR count). The Bertz CT molecular complexity index is 902. The molecule has 0 aliphatic heterocycles. The number of benzene rings is 2. The molecule has 1 N–H and O–H groups in total. The highest BCUT2D eigenvalue weighted by atomic mass is 16.5. The molecule has 0 spiro atoms. The van der Waals surface area contributed by atoms with Crippen LogP contribution >= 0.6 is 0 Å². The zero-order valence-corrected chi connectivity index (χ0v) is 18.1. The number of Topliss-reactive ketones (excluding diaryl/α,β-unsaturated/α-hetero) is 1. The summed E-state index contributed by atoms with van der Waals surface area (Å²) in [4.78, 5) is 23.8. The van der Waals surface area contributed by atoms with E-state index in [4.69, 9.17) is 9.47 Å². The van der Waals surface area contributed by atoms with Crippen molar-refractivity contribution in [2.24, 2.45) is 5.92 Å². The topological polar surface area (TPSA) is 64.6 Å². The fraction of sp³-hybridized carbons (Fsp3) is 0.440. The van der Waals surface area contributed by atoms with Gasteiger partial charge in [0.2, 0.25) is 0 Å². The maximum Gasteiger partial charge on any atom is 0.310 e. The van der Waals surface area contributed by atoms with Gasteiger partial charge in [-0.2, -0.15) is 0 Å². The van der Waals surface area contributed by atoms with Gasteiger partial charge in [0.25, 0.3) is 0 Å². The molecule has 1 aliphatic rings. The van der Waals surface area contributed by atoms with E-state index in [9.17, 15) is 9.59 Å². The molecule has 2 aromatic rings. The first-order chi connectivity index (χ1) is 14.5. The number of carbonyl (C=O) groups is 2. The minimum Gasteiger partial charge on any atom is -0.496 e. The normalized spacial score (nSPS) is 13.2. The molecule has 1 saturated carbocycles.